The highest BCUT2D eigenvalue weighted by Gasteiger charge is 2.52. The summed E-state index contributed by atoms with van der Waals surface area (Å²) in [5, 5.41) is 9.04. The highest BCUT2D eigenvalue weighted by molar-refractivity contribution is 6.00. The van der Waals surface area contributed by atoms with Crippen molar-refractivity contribution in [3.8, 4) is 0 Å². The normalized spacial score (nSPS) is 39.4. The lowest BCUT2D eigenvalue weighted by Crippen LogP contribution is -2.46. The van der Waals surface area contributed by atoms with Gasteiger partial charge in [-0.15, -0.1) is 0 Å². The van der Waals surface area contributed by atoms with Crippen molar-refractivity contribution in [2.45, 2.75) is 26.0 Å². The minimum absolute atomic E-state index is 0.261. The van der Waals surface area contributed by atoms with E-state index in [1.165, 1.54) is 6.92 Å². The summed E-state index contributed by atoms with van der Waals surface area (Å²) in [4.78, 5) is 22.8. The van der Waals surface area contributed by atoms with E-state index < -0.39 is 36.5 Å². The molecule has 0 spiro atoms. The second-order valence-corrected chi connectivity index (χ2v) is 2.15. The molecule has 0 aromatic carbocycles. The van der Waals surface area contributed by atoms with Gasteiger partial charge in [-0.05, 0) is 26.0 Å². The lowest BCUT2D eigenvalue weighted by atomic mass is 9.69. The molecule has 1 N–H and O–H groups in total. The van der Waals surface area contributed by atoms with E-state index in [0.29, 0.717) is 0 Å². The Bertz CT molecular complexity index is 386. The molecule has 0 aliphatic heterocycles. The summed E-state index contributed by atoms with van der Waals surface area (Å²) in [5.74, 6) is -3.69. The zero-order valence-electron chi connectivity index (χ0n) is 12.4. The number of rotatable bonds is 3. The van der Waals surface area contributed by atoms with E-state index in [4.69, 9.17) is 13.3 Å². The van der Waals surface area contributed by atoms with Gasteiger partial charge in [0, 0.05) is 8.22 Å². The molecule has 1 fully saturated rings. The summed E-state index contributed by atoms with van der Waals surface area (Å²) in [7, 11) is 0. The van der Waals surface area contributed by atoms with Crippen molar-refractivity contribution in [1.82, 2.24) is 0 Å². The number of ether oxygens (including phenoxy) is 1. The molecule has 0 radical (unpaired) electrons. The highest BCUT2D eigenvalue weighted by Crippen LogP contribution is 2.42. The van der Waals surface area contributed by atoms with Crippen molar-refractivity contribution in [1.29, 1.82) is 0 Å². The molecule has 0 aromatic heterocycles. The monoisotopic (exact) mass is 178 g/mol. The average molecular weight is 178 g/mol. The first-order valence-corrected chi connectivity index (χ1v) is 3.33. The highest BCUT2D eigenvalue weighted by atomic mass is 16.5. The Kier molecular flexibility index (Phi) is 0.981. The lowest BCUT2D eigenvalue weighted by Gasteiger charge is -2.34. The molecule has 0 bridgehead atoms. The number of carbonyl (C=O) groups is 2. The smallest absolute Gasteiger partial charge is 0.323 e. The molecule has 1 saturated carbocycles. The van der Waals surface area contributed by atoms with Gasteiger partial charge in [0.25, 0.3) is 0 Å². The van der Waals surface area contributed by atoms with Crippen LogP contribution in [-0.4, -0.2) is 23.7 Å². The van der Waals surface area contributed by atoms with Crippen LogP contribution in [0.15, 0.2) is 0 Å². The van der Waals surface area contributed by atoms with Crippen molar-refractivity contribution in [2.24, 2.45) is 5.41 Å². The van der Waals surface area contributed by atoms with Crippen LogP contribution in [-0.2, 0) is 14.3 Å². The summed E-state index contributed by atoms with van der Waals surface area (Å²) >= 11 is 0. The molecular formula is C8H12O4. The molecule has 0 amide bonds. The van der Waals surface area contributed by atoms with Gasteiger partial charge in [0.2, 0.25) is 0 Å². The Balaban J connectivity index is 3.47. The van der Waals surface area contributed by atoms with Crippen LogP contribution < -0.4 is 0 Å². The number of esters is 1. The third kappa shape index (κ3) is 1.17. The molecule has 0 aromatic rings. The maximum Gasteiger partial charge on any atom is 0.323 e. The Hall–Kier alpha value is -1.06. The minimum Gasteiger partial charge on any atom is -0.480 e. The van der Waals surface area contributed by atoms with E-state index in [-0.39, 0.29) is 6.61 Å². The van der Waals surface area contributed by atoms with Crippen LogP contribution in [0, 0.1) is 5.41 Å². The molecule has 0 saturated heterocycles. The fraction of sp³-hybridized carbons (Fsp3) is 0.750. The fourth-order valence-electron chi connectivity index (χ4n) is 0.723. The molecule has 68 valence electrons. The maximum atomic E-state index is 11.7. The molecule has 4 heteroatoms. The first-order chi connectivity index (χ1) is 7.92. The van der Waals surface area contributed by atoms with E-state index in [0.717, 1.165) is 0 Å². The third-order valence-corrected chi connectivity index (χ3v) is 1.40. The number of hydrogen-bond donors (Lipinski definition) is 1. The van der Waals surface area contributed by atoms with Crippen LogP contribution in [0.1, 0.15) is 34.3 Å². The van der Waals surface area contributed by atoms with Crippen LogP contribution >= 0.6 is 0 Å². The summed E-state index contributed by atoms with van der Waals surface area (Å²) in [5.41, 5.74) is -3.19. The second kappa shape index (κ2) is 3.13. The number of carboxylic acids is 1. The van der Waals surface area contributed by atoms with Gasteiger partial charge >= 0.3 is 11.9 Å². The van der Waals surface area contributed by atoms with Crippen molar-refractivity contribution < 1.29 is 27.7 Å². The summed E-state index contributed by atoms with van der Waals surface area (Å²) in [6, 6.07) is 0. The van der Waals surface area contributed by atoms with E-state index >= 15 is 0 Å². The predicted octanol–water partition coefficient (Wildman–Crippen LogP) is 0.804. The molecule has 0 heterocycles. The Morgan fingerprint density at radius 2 is 2.25 bits per heavy atom. The van der Waals surface area contributed by atoms with Gasteiger partial charge in [-0.25, -0.2) is 0 Å². The molecule has 1 rings (SSSR count). The molecule has 4 nitrogen and oxygen atoms in total. The van der Waals surface area contributed by atoms with E-state index in [9.17, 15) is 9.59 Å². The quantitative estimate of drug-likeness (QED) is 0.513. The largest absolute Gasteiger partial charge is 0.480 e. The summed E-state index contributed by atoms with van der Waals surface area (Å²) in [6.45, 7) is 1.09. The number of aliphatic carboxylic acids is 1. The molecule has 0 atom stereocenters. The number of hydrogen-bond acceptors (Lipinski definition) is 3. The van der Waals surface area contributed by atoms with E-state index in [1.807, 2.05) is 0 Å². The summed E-state index contributed by atoms with van der Waals surface area (Å²) < 4.78 is 48.8. The summed E-state index contributed by atoms with van der Waals surface area (Å²) in [6.07, 6.45) is -9.52. The van der Waals surface area contributed by atoms with Gasteiger partial charge in [-0.2, -0.15) is 0 Å². The predicted molar refractivity (Wildman–Crippen MR) is 40.6 cm³/mol. The first-order valence-electron chi connectivity index (χ1n) is 6.33. The van der Waals surface area contributed by atoms with Crippen molar-refractivity contribution in [3.05, 3.63) is 0 Å². The molecule has 0 unspecified atom stereocenters. The topological polar surface area (TPSA) is 63.6 Å². The average Bonchev–Trinajstić information content (AvgIpc) is 2.15. The van der Waals surface area contributed by atoms with Crippen molar-refractivity contribution >= 4 is 11.9 Å². The minimum atomic E-state index is -3.21. The van der Waals surface area contributed by atoms with Gasteiger partial charge in [0.05, 0.1) is 6.61 Å². The van der Waals surface area contributed by atoms with Gasteiger partial charge in [-0.3, -0.25) is 9.59 Å². The molecular weight excluding hydrogens is 160 g/mol. The van der Waals surface area contributed by atoms with Gasteiger partial charge in [0.15, 0.2) is 5.41 Å². The maximum absolute atomic E-state index is 11.7. The second-order valence-electron chi connectivity index (χ2n) is 2.15. The molecule has 1 aliphatic carbocycles. The Labute approximate surface area is 78.9 Å². The van der Waals surface area contributed by atoms with Crippen molar-refractivity contribution in [3.63, 3.8) is 0 Å². The van der Waals surface area contributed by atoms with Gasteiger partial charge in [-0.1, -0.05) is 0 Å². The Morgan fingerprint density at radius 1 is 1.67 bits per heavy atom. The molecule has 12 heavy (non-hydrogen) atoms. The molecule has 1 aliphatic rings. The lowest BCUT2D eigenvalue weighted by molar-refractivity contribution is -0.175. The number of carboxylic acid groups (broad SMARTS) is 1. The van der Waals surface area contributed by atoms with Gasteiger partial charge < -0.3 is 9.84 Å². The first kappa shape index (κ1) is 3.77. The van der Waals surface area contributed by atoms with E-state index in [2.05, 4.69) is 4.74 Å². The van der Waals surface area contributed by atoms with Crippen LogP contribution in [0.4, 0.5) is 0 Å². The van der Waals surface area contributed by atoms with E-state index in [1.54, 1.807) is 0 Å². The third-order valence-electron chi connectivity index (χ3n) is 1.40. The van der Waals surface area contributed by atoms with Crippen LogP contribution in [0.25, 0.3) is 0 Å². The number of carbonyl (C=O) groups excluding carboxylic acids is 1. The Morgan fingerprint density at radius 3 is 2.67 bits per heavy atom. The zero-order chi connectivity index (χ0) is 14.6. The standard InChI is InChI=1S/C8H12O4/c1-2-12-7(11)8(6(9)10)4-3-5-8/h2-5H2,1H3,(H,9,10)/i3D2,4D2,5D2. The SMILES string of the molecule is [2H]C1([2H])C([2H])([2H])C(C(=O)O)(C(=O)OCC)C1([2H])[2H]. The van der Waals surface area contributed by atoms with Crippen LogP contribution in [0.2, 0.25) is 0 Å². The van der Waals surface area contributed by atoms with Crippen LogP contribution in [0.3, 0.4) is 0 Å². The van der Waals surface area contributed by atoms with Crippen molar-refractivity contribution in [2.75, 3.05) is 6.61 Å². The zero-order valence-corrected chi connectivity index (χ0v) is 6.38. The fourth-order valence-corrected chi connectivity index (χ4v) is 0.723. The van der Waals surface area contributed by atoms with Crippen LogP contribution in [0.5, 0.6) is 0 Å². The van der Waals surface area contributed by atoms with Gasteiger partial charge in [0.1, 0.15) is 0 Å².